The van der Waals surface area contributed by atoms with Crippen LogP contribution in [0.1, 0.15) is 0 Å². The summed E-state index contributed by atoms with van der Waals surface area (Å²) in [5.74, 6) is 1.84. The molecular weight excluding hydrogens is 623 g/mol. The van der Waals surface area contributed by atoms with Crippen LogP contribution in [0.5, 0.6) is 0 Å². The van der Waals surface area contributed by atoms with Gasteiger partial charge in [0.05, 0.1) is 0 Å². The van der Waals surface area contributed by atoms with Crippen LogP contribution in [0.3, 0.4) is 0 Å². The molecule has 0 bridgehead atoms. The maximum Gasteiger partial charge on any atom is 0.164 e. The predicted molar refractivity (Wildman–Crippen MR) is 209 cm³/mol. The summed E-state index contributed by atoms with van der Waals surface area (Å²) in [5.41, 5.74) is 8.89. The average molecular weight is 652 g/mol. The first-order valence-corrected chi connectivity index (χ1v) is 17.1. The Morgan fingerprint density at radius 3 is 1.80 bits per heavy atom. The van der Waals surface area contributed by atoms with Crippen molar-refractivity contribution >= 4 is 43.5 Å². The smallest absolute Gasteiger partial charge is 0.164 e. The SMILES string of the molecule is c1ccc(-c2cccc(-c3c4ccccc4cc4c3oc3cccc(-c5nc(-c6ccccc6)nc(-c6ccc7ccccc7c6)n5)c34)c2)cc1. The Kier molecular flexibility index (Phi) is 6.78. The number of rotatable bonds is 5. The van der Waals surface area contributed by atoms with Gasteiger partial charge in [-0.3, -0.25) is 0 Å². The Morgan fingerprint density at radius 2 is 0.980 bits per heavy atom. The third kappa shape index (κ3) is 5.04. The van der Waals surface area contributed by atoms with Crippen molar-refractivity contribution in [3.63, 3.8) is 0 Å². The molecular formula is C47H29N3O. The van der Waals surface area contributed by atoms with Crippen LogP contribution in [-0.4, -0.2) is 15.0 Å². The van der Waals surface area contributed by atoms with Gasteiger partial charge < -0.3 is 4.42 Å². The van der Waals surface area contributed by atoms with Gasteiger partial charge in [-0.2, -0.15) is 0 Å². The first-order valence-electron chi connectivity index (χ1n) is 17.1. The van der Waals surface area contributed by atoms with Gasteiger partial charge in [0.2, 0.25) is 0 Å². The lowest BCUT2D eigenvalue weighted by atomic mass is 9.92. The third-order valence-corrected chi connectivity index (χ3v) is 9.68. The van der Waals surface area contributed by atoms with E-state index in [1.54, 1.807) is 0 Å². The molecule has 0 saturated carbocycles. The highest BCUT2D eigenvalue weighted by Crippen LogP contribution is 2.44. The van der Waals surface area contributed by atoms with Gasteiger partial charge in [-0.05, 0) is 62.5 Å². The van der Waals surface area contributed by atoms with Crippen molar-refractivity contribution in [3.8, 4) is 56.4 Å². The van der Waals surface area contributed by atoms with Crippen molar-refractivity contribution in [1.29, 1.82) is 0 Å². The molecule has 0 aliphatic carbocycles. The quantitative estimate of drug-likeness (QED) is 0.186. The number of fused-ring (bicyclic) bond motifs is 5. The Morgan fingerprint density at radius 1 is 0.353 bits per heavy atom. The highest BCUT2D eigenvalue weighted by Gasteiger charge is 2.21. The first kappa shape index (κ1) is 29.0. The van der Waals surface area contributed by atoms with Crippen LogP contribution in [-0.2, 0) is 0 Å². The van der Waals surface area contributed by atoms with Gasteiger partial charge in [0.25, 0.3) is 0 Å². The maximum atomic E-state index is 6.86. The van der Waals surface area contributed by atoms with Crippen LogP contribution in [0.2, 0.25) is 0 Å². The van der Waals surface area contributed by atoms with E-state index in [9.17, 15) is 0 Å². The van der Waals surface area contributed by atoms with Crippen molar-refractivity contribution in [3.05, 3.63) is 176 Å². The molecule has 4 heteroatoms. The monoisotopic (exact) mass is 651 g/mol. The number of hydrogen-bond acceptors (Lipinski definition) is 4. The van der Waals surface area contributed by atoms with E-state index >= 15 is 0 Å². The van der Waals surface area contributed by atoms with Crippen LogP contribution < -0.4 is 0 Å². The normalized spacial score (nSPS) is 11.5. The zero-order chi connectivity index (χ0) is 33.7. The van der Waals surface area contributed by atoms with Crippen LogP contribution in [0.15, 0.2) is 180 Å². The van der Waals surface area contributed by atoms with Gasteiger partial charge in [0.1, 0.15) is 11.2 Å². The summed E-state index contributed by atoms with van der Waals surface area (Å²) in [5, 5.41) is 6.59. The van der Waals surface area contributed by atoms with Crippen LogP contribution in [0.25, 0.3) is 99.9 Å². The van der Waals surface area contributed by atoms with Gasteiger partial charge in [-0.1, -0.05) is 152 Å². The minimum atomic E-state index is 0.598. The van der Waals surface area contributed by atoms with Crippen LogP contribution in [0.4, 0.5) is 0 Å². The molecule has 8 aromatic carbocycles. The predicted octanol–water partition coefficient (Wildman–Crippen LogP) is 12.4. The lowest BCUT2D eigenvalue weighted by Crippen LogP contribution is -2.00. The van der Waals surface area contributed by atoms with E-state index in [4.69, 9.17) is 19.4 Å². The summed E-state index contributed by atoms with van der Waals surface area (Å²) in [6.45, 7) is 0. The summed E-state index contributed by atoms with van der Waals surface area (Å²) in [6, 6.07) is 61.0. The summed E-state index contributed by atoms with van der Waals surface area (Å²) in [7, 11) is 0. The van der Waals surface area contributed by atoms with Crippen molar-refractivity contribution in [1.82, 2.24) is 15.0 Å². The summed E-state index contributed by atoms with van der Waals surface area (Å²) < 4.78 is 6.86. The number of aromatic nitrogens is 3. The molecule has 51 heavy (non-hydrogen) atoms. The molecule has 2 heterocycles. The minimum Gasteiger partial charge on any atom is -0.455 e. The van der Waals surface area contributed by atoms with Crippen LogP contribution in [0, 0.1) is 0 Å². The van der Waals surface area contributed by atoms with E-state index in [1.807, 2.05) is 48.5 Å². The highest BCUT2D eigenvalue weighted by atomic mass is 16.3. The Labute approximate surface area is 294 Å². The maximum absolute atomic E-state index is 6.86. The van der Waals surface area contributed by atoms with E-state index in [0.29, 0.717) is 17.5 Å². The van der Waals surface area contributed by atoms with E-state index < -0.39 is 0 Å². The number of furan rings is 1. The molecule has 0 amide bonds. The molecule has 0 aliphatic rings. The molecule has 0 aliphatic heterocycles. The topological polar surface area (TPSA) is 51.8 Å². The third-order valence-electron chi connectivity index (χ3n) is 9.68. The fourth-order valence-corrected chi connectivity index (χ4v) is 7.25. The molecule has 10 aromatic rings. The van der Waals surface area contributed by atoms with Gasteiger partial charge >= 0.3 is 0 Å². The lowest BCUT2D eigenvalue weighted by Gasteiger charge is -2.11. The molecule has 0 radical (unpaired) electrons. The summed E-state index contributed by atoms with van der Waals surface area (Å²) >= 11 is 0. The second kappa shape index (κ2) is 11.9. The Bertz CT molecular complexity index is 2910. The van der Waals surface area contributed by atoms with E-state index in [2.05, 4.69) is 127 Å². The zero-order valence-corrected chi connectivity index (χ0v) is 27.5. The molecule has 0 atom stereocenters. The average Bonchev–Trinajstić information content (AvgIpc) is 3.58. The second-order valence-electron chi connectivity index (χ2n) is 12.8. The standard InChI is InChI=1S/C47H29N3O/c1-3-13-30(14-4-1)34-20-11-21-36(27-34)42-38-22-10-9-19-35(38)29-40-43-39(23-12-24-41(43)51-44(40)42)47-49-45(32-16-5-2-6-17-32)48-46(50-47)37-26-25-31-15-7-8-18-33(31)28-37/h1-29H. The second-order valence-corrected chi connectivity index (χ2v) is 12.8. The molecule has 0 spiro atoms. The fourth-order valence-electron chi connectivity index (χ4n) is 7.25. The van der Waals surface area contributed by atoms with Gasteiger partial charge in [-0.15, -0.1) is 0 Å². The summed E-state index contributed by atoms with van der Waals surface area (Å²) in [6.07, 6.45) is 0. The zero-order valence-electron chi connectivity index (χ0n) is 27.5. The first-order chi connectivity index (χ1) is 25.3. The number of benzene rings is 8. The molecule has 4 nitrogen and oxygen atoms in total. The number of nitrogens with zero attached hydrogens (tertiary/aromatic N) is 3. The van der Waals surface area contributed by atoms with Gasteiger partial charge in [0, 0.05) is 33.0 Å². The van der Waals surface area contributed by atoms with Crippen molar-refractivity contribution in [2.75, 3.05) is 0 Å². The van der Waals surface area contributed by atoms with E-state index in [1.165, 1.54) is 10.9 Å². The number of hydrogen-bond donors (Lipinski definition) is 0. The van der Waals surface area contributed by atoms with Crippen molar-refractivity contribution < 1.29 is 4.42 Å². The molecule has 10 rings (SSSR count). The summed E-state index contributed by atoms with van der Waals surface area (Å²) in [4.78, 5) is 15.3. The molecule has 0 fully saturated rings. The Hall–Kier alpha value is -6.91. The molecule has 2 aromatic heterocycles. The largest absolute Gasteiger partial charge is 0.455 e. The minimum absolute atomic E-state index is 0.598. The molecule has 0 saturated heterocycles. The molecule has 0 unspecified atom stereocenters. The van der Waals surface area contributed by atoms with Crippen molar-refractivity contribution in [2.24, 2.45) is 0 Å². The van der Waals surface area contributed by atoms with Crippen LogP contribution >= 0.6 is 0 Å². The van der Waals surface area contributed by atoms with E-state index in [0.717, 1.165) is 71.5 Å². The van der Waals surface area contributed by atoms with Gasteiger partial charge in [0.15, 0.2) is 17.5 Å². The Balaban J connectivity index is 1.23. The van der Waals surface area contributed by atoms with Gasteiger partial charge in [-0.25, -0.2) is 15.0 Å². The lowest BCUT2D eigenvalue weighted by molar-refractivity contribution is 0.670. The van der Waals surface area contributed by atoms with E-state index in [-0.39, 0.29) is 0 Å². The van der Waals surface area contributed by atoms with Crippen molar-refractivity contribution in [2.45, 2.75) is 0 Å². The fraction of sp³-hybridized carbons (Fsp3) is 0. The molecule has 238 valence electrons. The highest BCUT2D eigenvalue weighted by molar-refractivity contribution is 6.21. The molecule has 0 N–H and O–H groups in total.